The second-order valence-electron chi connectivity index (χ2n) is 4.95. The van der Waals surface area contributed by atoms with E-state index in [1.807, 2.05) is 48.5 Å². The summed E-state index contributed by atoms with van der Waals surface area (Å²) >= 11 is 6.60. The SMILES string of the molecule is COc1nc(-c2cccc(-c3ccccc3)c2Cl)ccc1C=O. The second kappa shape index (κ2) is 6.63. The van der Waals surface area contributed by atoms with E-state index in [1.54, 1.807) is 12.1 Å². The van der Waals surface area contributed by atoms with Gasteiger partial charge in [-0.25, -0.2) is 4.98 Å². The molecule has 23 heavy (non-hydrogen) atoms. The van der Waals surface area contributed by atoms with Crippen molar-refractivity contribution >= 4 is 17.9 Å². The van der Waals surface area contributed by atoms with Gasteiger partial charge < -0.3 is 4.74 Å². The summed E-state index contributed by atoms with van der Waals surface area (Å²) in [5.74, 6) is 0.290. The highest BCUT2D eigenvalue weighted by atomic mass is 35.5. The van der Waals surface area contributed by atoms with Crippen molar-refractivity contribution in [1.29, 1.82) is 0 Å². The summed E-state index contributed by atoms with van der Waals surface area (Å²) in [4.78, 5) is 15.4. The van der Waals surface area contributed by atoms with Crippen LogP contribution in [0.4, 0.5) is 0 Å². The van der Waals surface area contributed by atoms with Crippen LogP contribution in [0.2, 0.25) is 5.02 Å². The average molecular weight is 324 g/mol. The standard InChI is InChI=1S/C19H14ClNO2/c1-23-19-14(12-22)10-11-17(21-19)16-9-5-8-15(18(16)20)13-6-3-2-4-7-13/h2-12H,1H3. The quantitative estimate of drug-likeness (QED) is 0.642. The Hall–Kier alpha value is -2.65. The molecule has 3 aromatic rings. The van der Waals surface area contributed by atoms with Gasteiger partial charge in [-0.1, -0.05) is 60.1 Å². The van der Waals surface area contributed by atoms with Gasteiger partial charge in [0.2, 0.25) is 5.88 Å². The topological polar surface area (TPSA) is 39.2 Å². The Bertz CT molecular complexity index is 847. The van der Waals surface area contributed by atoms with Crippen LogP contribution in [-0.2, 0) is 0 Å². The molecule has 0 bridgehead atoms. The highest BCUT2D eigenvalue weighted by Gasteiger charge is 2.13. The van der Waals surface area contributed by atoms with E-state index in [1.165, 1.54) is 7.11 Å². The molecule has 0 spiro atoms. The third-order valence-electron chi connectivity index (χ3n) is 3.57. The zero-order valence-corrected chi connectivity index (χ0v) is 13.2. The first-order valence-electron chi connectivity index (χ1n) is 7.09. The lowest BCUT2D eigenvalue weighted by molar-refractivity contribution is 0.112. The Balaban J connectivity index is 2.13. The van der Waals surface area contributed by atoms with Crippen LogP contribution in [-0.4, -0.2) is 18.4 Å². The minimum absolute atomic E-state index is 0.290. The van der Waals surface area contributed by atoms with Crippen molar-refractivity contribution in [2.24, 2.45) is 0 Å². The molecule has 0 N–H and O–H groups in total. The van der Waals surface area contributed by atoms with Gasteiger partial charge in [0.15, 0.2) is 6.29 Å². The fourth-order valence-corrected chi connectivity index (χ4v) is 2.76. The van der Waals surface area contributed by atoms with Crippen LogP contribution in [0.3, 0.4) is 0 Å². The van der Waals surface area contributed by atoms with Crippen molar-refractivity contribution in [3.05, 3.63) is 71.2 Å². The largest absolute Gasteiger partial charge is 0.480 e. The van der Waals surface area contributed by atoms with Crippen LogP contribution in [0.5, 0.6) is 5.88 Å². The highest BCUT2D eigenvalue weighted by molar-refractivity contribution is 6.36. The summed E-state index contributed by atoms with van der Waals surface area (Å²) in [6.07, 6.45) is 0.720. The molecule has 114 valence electrons. The molecule has 2 aromatic carbocycles. The number of rotatable bonds is 4. The molecule has 0 unspecified atom stereocenters. The van der Waals surface area contributed by atoms with Crippen LogP contribution in [0.25, 0.3) is 22.4 Å². The molecule has 0 radical (unpaired) electrons. The number of methoxy groups -OCH3 is 1. The Morgan fingerprint density at radius 1 is 0.957 bits per heavy atom. The molecule has 0 amide bonds. The van der Waals surface area contributed by atoms with Gasteiger partial charge in [0.25, 0.3) is 0 Å². The van der Waals surface area contributed by atoms with Gasteiger partial charge in [-0.2, -0.15) is 0 Å². The average Bonchev–Trinajstić information content (AvgIpc) is 2.62. The monoisotopic (exact) mass is 323 g/mol. The summed E-state index contributed by atoms with van der Waals surface area (Å²) in [7, 11) is 1.49. The maximum Gasteiger partial charge on any atom is 0.224 e. The smallest absolute Gasteiger partial charge is 0.224 e. The summed E-state index contributed by atoms with van der Waals surface area (Å²) in [6.45, 7) is 0. The van der Waals surface area contributed by atoms with Crippen LogP contribution >= 0.6 is 11.6 Å². The molecule has 1 heterocycles. The summed E-state index contributed by atoms with van der Waals surface area (Å²) < 4.78 is 5.17. The predicted molar refractivity (Wildman–Crippen MR) is 92.1 cm³/mol. The van der Waals surface area contributed by atoms with Crippen LogP contribution < -0.4 is 4.74 Å². The molecule has 3 rings (SSSR count). The van der Waals surface area contributed by atoms with Crippen molar-refractivity contribution in [1.82, 2.24) is 4.98 Å². The molecule has 0 aliphatic heterocycles. The van der Waals surface area contributed by atoms with E-state index >= 15 is 0 Å². The van der Waals surface area contributed by atoms with Gasteiger partial charge in [0, 0.05) is 11.1 Å². The number of hydrogen-bond donors (Lipinski definition) is 0. The lowest BCUT2D eigenvalue weighted by Crippen LogP contribution is -1.96. The summed E-state index contributed by atoms with van der Waals surface area (Å²) in [5, 5.41) is 0.618. The maximum atomic E-state index is 11.0. The molecule has 0 saturated carbocycles. The second-order valence-corrected chi connectivity index (χ2v) is 5.32. The van der Waals surface area contributed by atoms with Crippen molar-refractivity contribution < 1.29 is 9.53 Å². The van der Waals surface area contributed by atoms with E-state index in [2.05, 4.69) is 4.98 Å². The number of carbonyl (C=O) groups excluding carboxylic acids is 1. The molecular weight excluding hydrogens is 310 g/mol. The number of nitrogens with zero attached hydrogens (tertiary/aromatic N) is 1. The highest BCUT2D eigenvalue weighted by Crippen LogP contribution is 2.36. The molecule has 4 heteroatoms. The van der Waals surface area contributed by atoms with E-state index in [0.717, 1.165) is 23.0 Å². The summed E-state index contributed by atoms with van der Waals surface area (Å²) in [5.41, 5.74) is 3.84. The zero-order valence-electron chi connectivity index (χ0n) is 12.5. The number of benzene rings is 2. The first-order chi connectivity index (χ1) is 11.2. The molecule has 0 aliphatic rings. The molecule has 0 saturated heterocycles. The maximum absolute atomic E-state index is 11.0. The number of ether oxygens (including phenoxy) is 1. The zero-order chi connectivity index (χ0) is 16.2. The fraction of sp³-hybridized carbons (Fsp3) is 0.0526. The molecule has 1 aromatic heterocycles. The van der Waals surface area contributed by atoms with Crippen LogP contribution in [0.15, 0.2) is 60.7 Å². The van der Waals surface area contributed by atoms with Gasteiger partial charge in [-0.3, -0.25) is 4.79 Å². The first-order valence-corrected chi connectivity index (χ1v) is 7.47. The lowest BCUT2D eigenvalue weighted by Gasteiger charge is -2.11. The third-order valence-corrected chi connectivity index (χ3v) is 3.98. The van der Waals surface area contributed by atoms with Crippen molar-refractivity contribution in [2.45, 2.75) is 0 Å². The number of carbonyl (C=O) groups is 1. The Morgan fingerprint density at radius 3 is 2.39 bits per heavy atom. The van der Waals surface area contributed by atoms with E-state index in [4.69, 9.17) is 16.3 Å². The number of pyridine rings is 1. The van der Waals surface area contributed by atoms with Gasteiger partial charge in [-0.15, -0.1) is 0 Å². The molecular formula is C19H14ClNO2. The molecule has 0 fully saturated rings. The van der Waals surface area contributed by atoms with E-state index in [0.29, 0.717) is 22.2 Å². The number of aromatic nitrogens is 1. The van der Waals surface area contributed by atoms with E-state index in [-0.39, 0.29) is 0 Å². The van der Waals surface area contributed by atoms with Gasteiger partial charge in [0.1, 0.15) is 0 Å². The van der Waals surface area contributed by atoms with Crippen molar-refractivity contribution in [3.8, 4) is 28.3 Å². The van der Waals surface area contributed by atoms with Crippen LogP contribution in [0, 0.1) is 0 Å². The summed E-state index contributed by atoms with van der Waals surface area (Å²) in [6, 6.07) is 19.2. The number of hydrogen-bond acceptors (Lipinski definition) is 3. The number of aldehydes is 1. The first kappa shape index (κ1) is 15.3. The van der Waals surface area contributed by atoms with Gasteiger partial charge >= 0.3 is 0 Å². The van der Waals surface area contributed by atoms with E-state index < -0.39 is 0 Å². The Kier molecular flexibility index (Phi) is 4.40. The molecule has 0 atom stereocenters. The van der Waals surface area contributed by atoms with Gasteiger partial charge in [-0.05, 0) is 17.7 Å². The third kappa shape index (κ3) is 2.96. The Morgan fingerprint density at radius 2 is 1.70 bits per heavy atom. The minimum atomic E-state index is 0.290. The fourth-order valence-electron chi connectivity index (χ4n) is 2.42. The van der Waals surface area contributed by atoms with Crippen molar-refractivity contribution in [3.63, 3.8) is 0 Å². The molecule has 3 nitrogen and oxygen atoms in total. The lowest BCUT2D eigenvalue weighted by atomic mass is 10.0. The van der Waals surface area contributed by atoms with Gasteiger partial charge in [0.05, 0.1) is 23.4 Å². The predicted octanol–water partition coefficient (Wildman–Crippen LogP) is 4.89. The Labute approximate surface area is 139 Å². The molecule has 0 aliphatic carbocycles. The number of halogens is 1. The normalized spacial score (nSPS) is 10.3. The minimum Gasteiger partial charge on any atom is -0.480 e. The van der Waals surface area contributed by atoms with E-state index in [9.17, 15) is 4.79 Å². The van der Waals surface area contributed by atoms with Crippen molar-refractivity contribution in [2.75, 3.05) is 7.11 Å². The van der Waals surface area contributed by atoms with Crippen LogP contribution in [0.1, 0.15) is 10.4 Å².